The molecule has 0 radical (unpaired) electrons. The zero-order valence-corrected chi connectivity index (χ0v) is 19.5. The van der Waals surface area contributed by atoms with Crippen molar-refractivity contribution in [2.24, 2.45) is 5.16 Å². The maximum absolute atomic E-state index is 10.7. The molecule has 0 spiro atoms. The lowest BCUT2D eigenvalue weighted by molar-refractivity contribution is 0.0213. The molecule has 3 aromatic carbocycles. The molecule has 0 aliphatic carbocycles. The van der Waals surface area contributed by atoms with Crippen LogP contribution >= 0.6 is 11.6 Å². The average Bonchev–Trinajstić information content (AvgIpc) is 3.27. The maximum atomic E-state index is 10.7. The summed E-state index contributed by atoms with van der Waals surface area (Å²) in [4.78, 5) is 7.93. The molecule has 2 unspecified atom stereocenters. The van der Waals surface area contributed by atoms with Crippen LogP contribution < -0.4 is 4.74 Å². The van der Waals surface area contributed by atoms with Crippen LogP contribution in [0.4, 0.5) is 0 Å². The normalized spacial score (nSPS) is 16.4. The highest BCUT2D eigenvalue weighted by molar-refractivity contribution is 6.30. The fraction of sp³-hybridized carbons (Fsp3) is 0.296. The smallest absolute Gasteiger partial charge is 0.145 e. The molecule has 5 nitrogen and oxygen atoms in total. The second-order valence-electron chi connectivity index (χ2n) is 8.44. The number of para-hydroxylation sites is 1. The molecule has 1 heterocycles. The molecule has 2 atom stereocenters. The van der Waals surface area contributed by atoms with Crippen LogP contribution in [0.2, 0.25) is 5.02 Å². The highest BCUT2D eigenvalue weighted by Crippen LogP contribution is 2.20. The van der Waals surface area contributed by atoms with Gasteiger partial charge in [-0.05, 0) is 42.3 Å². The first kappa shape index (κ1) is 23.3. The van der Waals surface area contributed by atoms with Crippen LogP contribution in [0.25, 0.3) is 0 Å². The van der Waals surface area contributed by atoms with E-state index in [1.807, 2.05) is 54.6 Å². The van der Waals surface area contributed by atoms with Crippen LogP contribution in [0.5, 0.6) is 5.75 Å². The molecule has 1 aliphatic rings. The molecule has 1 aliphatic heterocycles. The van der Waals surface area contributed by atoms with Gasteiger partial charge in [-0.25, -0.2) is 0 Å². The Morgan fingerprint density at radius 1 is 1.09 bits per heavy atom. The Morgan fingerprint density at radius 2 is 1.88 bits per heavy atom. The zero-order valence-electron chi connectivity index (χ0n) is 18.7. The third kappa shape index (κ3) is 7.06. The Balaban J connectivity index is 1.37. The minimum Gasteiger partial charge on any atom is -0.491 e. The number of aliphatic hydroxyl groups is 1. The molecule has 0 amide bonds. The molecular formula is C27H29ClN2O3. The first-order valence-corrected chi connectivity index (χ1v) is 11.6. The summed E-state index contributed by atoms with van der Waals surface area (Å²) in [7, 11) is 0. The van der Waals surface area contributed by atoms with Gasteiger partial charge in [0.05, 0.1) is 5.71 Å². The molecule has 4 rings (SSSR count). The first-order chi connectivity index (χ1) is 16.0. The number of benzene rings is 3. The van der Waals surface area contributed by atoms with E-state index in [0.717, 1.165) is 29.0 Å². The van der Waals surface area contributed by atoms with E-state index in [0.29, 0.717) is 24.7 Å². The number of aliphatic hydroxyl groups excluding tert-OH is 1. The van der Waals surface area contributed by atoms with Crippen molar-refractivity contribution in [2.75, 3.05) is 19.7 Å². The maximum Gasteiger partial charge on any atom is 0.145 e. The number of ether oxygens (including phenoxy) is 1. The van der Waals surface area contributed by atoms with Crippen molar-refractivity contribution in [3.8, 4) is 5.75 Å². The van der Waals surface area contributed by atoms with Crippen molar-refractivity contribution < 1.29 is 14.7 Å². The van der Waals surface area contributed by atoms with E-state index in [-0.39, 0.29) is 12.7 Å². The molecule has 33 heavy (non-hydrogen) atoms. The number of nitrogens with zero attached hydrogens (tertiary/aromatic N) is 2. The van der Waals surface area contributed by atoms with Gasteiger partial charge in [0.15, 0.2) is 0 Å². The number of aryl methyl sites for hydroxylation is 1. The minimum absolute atomic E-state index is 0.0808. The van der Waals surface area contributed by atoms with Crippen molar-refractivity contribution in [3.05, 3.63) is 101 Å². The van der Waals surface area contributed by atoms with E-state index >= 15 is 0 Å². The quantitative estimate of drug-likeness (QED) is 0.454. The second kappa shape index (κ2) is 11.3. The molecular weight excluding hydrogens is 436 g/mol. The number of oxime groups is 1. The van der Waals surface area contributed by atoms with Gasteiger partial charge in [-0.2, -0.15) is 0 Å². The van der Waals surface area contributed by atoms with Crippen LogP contribution in [0, 0.1) is 6.92 Å². The van der Waals surface area contributed by atoms with Crippen molar-refractivity contribution in [1.82, 2.24) is 4.90 Å². The van der Waals surface area contributed by atoms with Gasteiger partial charge in [0.1, 0.15) is 24.6 Å². The third-order valence-electron chi connectivity index (χ3n) is 5.53. The number of hydrogen-bond acceptors (Lipinski definition) is 5. The summed E-state index contributed by atoms with van der Waals surface area (Å²) in [5, 5.41) is 15.7. The van der Waals surface area contributed by atoms with Gasteiger partial charge < -0.3 is 14.7 Å². The lowest BCUT2D eigenvalue weighted by Crippen LogP contribution is -2.39. The van der Waals surface area contributed by atoms with E-state index in [1.54, 1.807) is 0 Å². The van der Waals surface area contributed by atoms with Gasteiger partial charge in [0.2, 0.25) is 0 Å². The molecule has 172 valence electrons. The van der Waals surface area contributed by atoms with E-state index in [2.05, 4.69) is 41.2 Å². The largest absolute Gasteiger partial charge is 0.491 e. The number of rotatable bonds is 10. The Hall–Kier alpha value is -2.86. The Kier molecular flexibility index (Phi) is 8.00. The first-order valence-electron chi connectivity index (χ1n) is 11.2. The van der Waals surface area contributed by atoms with Gasteiger partial charge in [0, 0.05) is 31.1 Å². The van der Waals surface area contributed by atoms with E-state index in [4.69, 9.17) is 21.2 Å². The van der Waals surface area contributed by atoms with Crippen molar-refractivity contribution in [3.63, 3.8) is 0 Å². The second-order valence-corrected chi connectivity index (χ2v) is 8.87. The highest BCUT2D eigenvalue weighted by Gasteiger charge is 2.26. The molecule has 0 bridgehead atoms. The molecule has 3 aromatic rings. The predicted molar refractivity (Wildman–Crippen MR) is 132 cm³/mol. The van der Waals surface area contributed by atoms with Crippen LogP contribution in [0.1, 0.15) is 23.1 Å². The fourth-order valence-corrected chi connectivity index (χ4v) is 4.10. The molecule has 0 saturated carbocycles. The zero-order chi connectivity index (χ0) is 23.0. The fourth-order valence-electron chi connectivity index (χ4n) is 3.89. The van der Waals surface area contributed by atoms with Crippen LogP contribution in [-0.2, 0) is 11.4 Å². The molecule has 6 heteroatoms. The molecule has 0 fully saturated rings. The van der Waals surface area contributed by atoms with Crippen molar-refractivity contribution in [1.29, 1.82) is 0 Å². The Bertz CT molecular complexity index is 1060. The van der Waals surface area contributed by atoms with Gasteiger partial charge in [-0.3, -0.25) is 4.90 Å². The van der Waals surface area contributed by atoms with E-state index in [9.17, 15) is 5.11 Å². The number of halogens is 1. The lowest BCUT2D eigenvalue weighted by atomic mass is 10.0. The van der Waals surface area contributed by atoms with Gasteiger partial charge in [0.25, 0.3) is 0 Å². The van der Waals surface area contributed by atoms with Gasteiger partial charge in [-0.1, -0.05) is 76.9 Å². The standard InChI is InChI=1S/C27H29ClN2O3/c1-20-10-12-22(13-11-20)27-15-26(33-29-27)18-30(16-21-6-5-7-23(28)14-21)17-24(31)19-32-25-8-3-2-4-9-25/h2-14,24,26,31H,15-19H2,1H3. The number of hydrogen-bond donors (Lipinski definition) is 1. The monoisotopic (exact) mass is 464 g/mol. The van der Waals surface area contributed by atoms with Gasteiger partial charge in [-0.15, -0.1) is 0 Å². The summed E-state index contributed by atoms with van der Waals surface area (Å²) in [6.45, 7) is 4.00. The van der Waals surface area contributed by atoms with Crippen LogP contribution in [0.3, 0.4) is 0 Å². The molecule has 0 saturated heterocycles. The molecule has 0 aromatic heterocycles. The minimum atomic E-state index is -0.650. The molecule has 1 N–H and O–H groups in total. The SMILES string of the molecule is Cc1ccc(C2=NOC(CN(Cc3cccc(Cl)c3)CC(O)COc3ccccc3)C2)cc1. The predicted octanol–water partition coefficient (Wildman–Crippen LogP) is 5.08. The van der Waals surface area contributed by atoms with Crippen LogP contribution in [-0.4, -0.2) is 47.6 Å². The average molecular weight is 465 g/mol. The highest BCUT2D eigenvalue weighted by atomic mass is 35.5. The lowest BCUT2D eigenvalue weighted by Gasteiger charge is -2.27. The Labute approximate surface area is 200 Å². The van der Waals surface area contributed by atoms with Crippen LogP contribution in [0.15, 0.2) is 84.0 Å². The van der Waals surface area contributed by atoms with Crippen molar-refractivity contribution in [2.45, 2.75) is 32.1 Å². The summed E-state index contributed by atoms with van der Waals surface area (Å²) in [5.74, 6) is 0.744. The summed E-state index contributed by atoms with van der Waals surface area (Å²) in [5.41, 5.74) is 4.34. The van der Waals surface area contributed by atoms with Gasteiger partial charge >= 0.3 is 0 Å². The summed E-state index contributed by atoms with van der Waals surface area (Å²) >= 11 is 6.19. The third-order valence-corrected chi connectivity index (χ3v) is 5.76. The summed E-state index contributed by atoms with van der Waals surface area (Å²) in [6.07, 6.45) is -0.00265. The topological polar surface area (TPSA) is 54.3 Å². The summed E-state index contributed by atoms with van der Waals surface area (Å²) < 4.78 is 5.74. The van der Waals surface area contributed by atoms with Crippen molar-refractivity contribution >= 4 is 17.3 Å². The Morgan fingerprint density at radius 3 is 2.64 bits per heavy atom. The summed E-state index contributed by atoms with van der Waals surface area (Å²) in [6, 6.07) is 25.6. The van der Waals surface area contributed by atoms with E-state index < -0.39 is 6.10 Å². The van der Waals surface area contributed by atoms with E-state index in [1.165, 1.54) is 5.56 Å².